The minimum atomic E-state index is 0.880. The summed E-state index contributed by atoms with van der Waals surface area (Å²) in [6, 6.07) is 1.77. The van der Waals surface area contributed by atoms with Gasteiger partial charge in [-0.1, -0.05) is 27.2 Å². The zero-order chi connectivity index (χ0) is 8.01. The van der Waals surface area contributed by atoms with Crippen molar-refractivity contribution >= 4 is 0 Å². The van der Waals surface area contributed by atoms with E-state index in [-0.39, 0.29) is 0 Å². The van der Waals surface area contributed by atoms with Crippen LogP contribution in [0.2, 0.25) is 0 Å². The van der Waals surface area contributed by atoms with Crippen molar-refractivity contribution in [3.63, 3.8) is 0 Å². The molecule has 2 saturated heterocycles. The summed E-state index contributed by atoms with van der Waals surface area (Å²) in [5.41, 5.74) is 0. The molecule has 2 bridgehead atoms. The molecule has 2 aliphatic heterocycles. The summed E-state index contributed by atoms with van der Waals surface area (Å²) in [6.07, 6.45) is 2.83. The van der Waals surface area contributed by atoms with Gasteiger partial charge in [0.25, 0.3) is 0 Å². The predicted octanol–water partition coefficient (Wildman–Crippen LogP) is 2.03. The number of nitrogens with one attached hydrogen (secondary N) is 1. The molecule has 3 aliphatic rings. The molecule has 0 radical (unpaired) electrons. The van der Waals surface area contributed by atoms with E-state index in [9.17, 15) is 0 Å². The Labute approximate surface area is 69.6 Å². The Bertz CT molecular complexity index is 147. The second-order valence-corrected chi connectivity index (χ2v) is 4.51. The fourth-order valence-electron chi connectivity index (χ4n) is 3.17. The van der Waals surface area contributed by atoms with Crippen molar-refractivity contribution in [1.29, 1.82) is 0 Å². The smallest absolute Gasteiger partial charge is 0.0119 e. The largest absolute Gasteiger partial charge is 0.311 e. The van der Waals surface area contributed by atoms with Crippen LogP contribution in [0, 0.1) is 17.8 Å². The number of hydrogen-bond donors (Lipinski definition) is 1. The van der Waals surface area contributed by atoms with Crippen LogP contribution in [0.3, 0.4) is 0 Å². The van der Waals surface area contributed by atoms with Gasteiger partial charge in [0, 0.05) is 12.1 Å². The third-order valence-corrected chi connectivity index (χ3v) is 3.65. The molecule has 0 amide bonds. The van der Waals surface area contributed by atoms with E-state index in [0.29, 0.717) is 0 Å². The Hall–Kier alpha value is -0.0400. The van der Waals surface area contributed by atoms with E-state index in [0.717, 1.165) is 29.8 Å². The molecule has 3 fully saturated rings. The highest BCUT2D eigenvalue weighted by Crippen LogP contribution is 2.46. The van der Waals surface area contributed by atoms with Crippen molar-refractivity contribution in [2.24, 2.45) is 17.8 Å². The van der Waals surface area contributed by atoms with Gasteiger partial charge in [-0.05, 0) is 24.2 Å². The molecular weight excluding hydrogens is 134 g/mol. The topological polar surface area (TPSA) is 12.0 Å². The van der Waals surface area contributed by atoms with Gasteiger partial charge in [0.1, 0.15) is 0 Å². The molecule has 1 N–H and O–H groups in total. The fourth-order valence-corrected chi connectivity index (χ4v) is 3.17. The summed E-state index contributed by atoms with van der Waals surface area (Å²) in [5, 5.41) is 3.65. The highest BCUT2D eigenvalue weighted by Gasteiger charge is 2.51. The van der Waals surface area contributed by atoms with Crippen LogP contribution in [0.25, 0.3) is 0 Å². The normalized spacial score (nSPS) is 48.0. The van der Waals surface area contributed by atoms with Crippen molar-refractivity contribution in [3.05, 3.63) is 0 Å². The summed E-state index contributed by atoms with van der Waals surface area (Å²) in [4.78, 5) is 0. The molecule has 11 heavy (non-hydrogen) atoms. The molecule has 1 nitrogen and oxygen atoms in total. The molecule has 1 saturated carbocycles. The Morgan fingerprint density at radius 1 is 1.36 bits per heavy atom. The molecule has 0 aromatic rings. The first-order chi connectivity index (χ1) is 5.24. The monoisotopic (exact) mass is 153 g/mol. The quantitative estimate of drug-likeness (QED) is 0.640. The Morgan fingerprint density at radius 3 is 2.36 bits per heavy atom. The van der Waals surface area contributed by atoms with E-state index >= 15 is 0 Å². The van der Waals surface area contributed by atoms with E-state index in [1.165, 1.54) is 12.8 Å². The molecule has 2 heterocycles. The highest BCUT2D eigenvalue weighted by molar-refractivity contribution is 5.08. The van der Waals surface area contributed by atoms with Crippen LogP contribution < -0.4 is 5.32 Å². The van der Waals surface area contributed by atoms with Crippen LogP contribution >= 0.6 is 0 Å². The van der Waals surface area contributed by atoms with E-state index < -0.39 is 0 Å². The van der Waals surface area contributed by atoms with Crippen LogP contribution in [0.5, 0.6) is 0 Å². The van der Waals surface area contributed by atoms with Gasteiger partial charge in [0.15, 0.2) is 0 Å². The third-order valence-electron chi connectivity index (χ3n) is 3.65. The van der Waals surface area contributed by atoms with Gasteiger partial charge in [-0.15, -0.1) is 0 Å². The van der Waals surface area contributed by atoms with Crippen molar-refractivity contribution in [3.8, 4) is 0 Å². The molecule has 0 aromatic carbocycles. The first-order valence-corrected chi connectivity index (χ1v) is 5.00. The lowest BCUT2D eigenvalue weighted by Crippen LogP contribution is -2.46. The van der Waals surface area contributed by atoms with Crippen LogP contribution in [0.1, 0.15) is 33.6 Å². The predicted molar refractivity (Wildman–Crippen MR) is 47.4 cm³/mol. The first kappa shape index (κ1) is 7.60. The second-order valence-electron chi connectivity index (χ2n) is 4.51. The summed E-state index contributed by atoms with van der Waals surface area (Å²) in [6.45, 7) is 7.08. The zero-order valence-electron chi connectivity index (χ0n) is 7.80. The van der Waals surface area contributed by atoms with Gasteiger partial charge in [0.05, 0.1) is 0 Å². The highest BCUT2D eigenvalue weighted by atomic mass is 15.1. The SMILES string of the molecule is CCC1C2CC(N2)C1C(C)C. The maximum absolute atomic E-state index is 3.65. The summed E-state index contributed by atoms with van der Waals surface area (Å²) >= 11 is 0. The van der Waals surface area contributed by atoms with Gasteiger partial charge in [-0.2, -0.15) is 0 Å². The van der Waals surface area contributed by atoms with Crippen LogP contribution in [0.15, 0.2) is 0 Å². The first-order valence-electron chi connectivity index (χ1n) is 5.00. The third kappa shape index (κ3) is 0.936. The fraction of sp³-hybridized carbons (Fsp3) is 1.00. The molecule has 1 aliphatic carbocycles. The maximum Gasteiger partial charge on any atom is 0.0119 e. The van der Waals surface area contributed by atoms with Crippen molar-refractivity contribution in [1.82, 2.24) is 5.32 Å². The van der Waals surface area contributed by atoms with Gasteiger partial charge in [-0.3, -0.25) is 0 Å². The Balaban J connectivity index is 2.07. The van der Waals surface area contributed by atoms with E-state index in [1.807, 2.05) is 0 Å². The van der Waals surface area contributed by atoms with E-state index in [1.54, 1.807) is 0 Å². The van der Waals surface area contributed by atoms with Gasteiger partial charge in [-0.25, -0.2) is 0 Å². The van der Waals surface area contributed by atoms with Crippen LogP contribution in [0.4, 0.5) is 0 Å². The zero-order valence-corrected chi connectivity index (χ0v) is 7.80. The van der Waals surface area contributed by atoms with Gasteiger partial charge >= 0.3 is 0 Å². The standard InChI is InChI=1S/C10H19N/c1-4-7-8-5-9(11-8)10(7)6(2)3/h6-11H,4-5H2,1-3H3. The molecular formula is C10H19N. The molecule has 3 rings (SSSR count). The second kappa shape index (κ2) is 2.48. The molecule has 4 atom stereocenters. The lowest BCUT2D eigenvalue weighted by molar-refractivity contribution is 0.293. The van der Waals surface area contributed by atoms with E-state index in [2.05, 4.69) is 26.1 Å². The Kier molecular flexibility index (Phi) is 1.71. The lowest BCUT2D eigenvalue weighted by Gasteiger charge is -2.28. The van der Waals surface area contributed by atoms with Crippen LogP contribution in [-0.4, -0.2) is 12.1 Å². The molecule has 1 heteroatoms. The Morgan fingerprint density at radius 2 is 2.00 bits per heavy atom. The van der Waals surface area contributed by atoms with E-state index in [4.69, 9.17) is 0 Å². The minimum absolute atomic E-state index is 0.880. The average Bonchev–Trinajstić information content (AvgIpc) is 2.35. The molecule has 4 unspecified atom stereocenters. The summed E-state index contributed by atoms with van der Waals surface area (Å²) in [5.74, 6) is 2.84. The number of fused-ring (bicyclic) bond motifs is 1. The van der Waals surface area contributed by atoms with Crippen molar-refractivity contribution < 1.29 is 0 Å². The number of hydrogen-bond acceptors (Lipinski definition) is 1. The summed E-state index contributed by atoms with van der Waals surface area (Å²) in [7, 11) is 0. The maximum atomic E-state index is 3.65. The molecule has 0 spiro atoms. The summed E-state index contributed by atoms with van der Waals surface area (Å²) < 4.78 is 0. The van der Waals surface area contributed by atoms with Crippen molar-refractivity contribution in [2.75, 3.05) is 0 Å². The number of rotatable bonds is 2. The minimum Gasteiger partial charge on any atom is -0.311 e. The molecule has 64 valence electrons. The lowest BCUT2D eigenvalue weighted by atomic mass is 9.85. The van der Waals surface area contributed by atoms with Crippen LogP contribution in [-0.2, 0) is 0 Å². The van der Waals surface area contributed by atoms with Gasteiger partial charge in [0.2, 0.25) is 0 Å². The van der Waals surface area contributed by atoms with Gasteiger partial charge < -0.3 is 5.32 Å². The average molecular weight is 153 g/mol. The van der Waals surface area contributed by atoms with Crippen molar-refractivity contribution in [2.45, 2.75) is 45.7 Å². The molecule has 0 aromatic heterocycles.